The van der Waals surface area contributed by atoms with E-state index in [1.165, 1.54) is 0 Å². The number of carboxylic acids is 1. The lowest BCUT2D eigenvalue weighted by Gasteiger charge is -2.20. The summed E-state index contributed by atoms with van der Waals surface area (Å²) in [7, 11) is 0. The van der Waals surface area contributed by atoms with Gasteiger partial charge in [-0.3, -0.25) is 0 Å². The van der Waals surface area contributed by atoms with Crippen LogP contribution in [0.15, 0.2) is 12.1 Å². The molecule has 0 fully saturated rings. The highest BCUT2D eigenvalue weighted by Crippen LogP contribution is 2.28. The highest BCUT2D eigenvalue weighted by Gasteiger charge is 2.30. The molecule has 21 heavy (non-hydrogen) atoms. The molecule has 1 aromatic heterocycles. The smallest absolute Gasteiger partial charge is 0.358 e. The fourth-order valence-electron chi connectivity index (χ4n) is 1.94. The van der Waals surface area contributed by atoms with Crippen molar-refractivity contribution >= 4 is 5.97 Å². The molecule has 1 heterocycles. The van der Waals surface area contributed by atoms with Crippen molar-refractivity contribution in [3.8, 4) is 5.69 Å². The van der Waals surface area contributed by atoms with E-state index >= 15 is 0 Å². The molecule has 0 aliphatic carbocycles. The van der Waals surface area contributed by atoms with Gasteiger partial charge in [0.15, 0.2) is 23.1 Å². The van der Waals surface area contributed by atoms with Crippen molar-refractivity contribution in [3.63, 3.8) is 0 Å². The number of hydrogen-bond donors (Lipinski definition) is 1. The van der Waals surface area contributed by atoms with Gasteiger partial charge in [-0.15, -0.1) is 5.10 Å². The van der Waals surface area contributed by atoms with Gasteiger partial charge in [0.05, 0.1) is 11.4 Å². The summed E-state index contributed by atoms with van der Waals surface area (Å²) in [6.07, 6.45) is 0. The number of rotatable bonds is 2. The van der Waals surface area contributed by atoms with Gasteiger partial charge in [0.1, 0.15) is 0 Å². The summed E-state index contributed by atoms with van der Waals surface area (Å²) in [5.74, 6) is -5.70. The molecule has 2 rings (SSSR count). The maximum absolute atomic E-state index is 13.3. The SMILES string of the molecule is CC(C)(C)c1c(C(=O)O)nnn1-c1cc(F)c(F)c(F)c1. The van der Waals surface area contributed by atoms with Crippen LogP contribution in [0.5, 0.6) is 0 Å². The lowest BCUT2D eigenvalue weighted by molar-refractivity contribution is 0.0687. The van der Waals surface area contributed by atoms with Crippen LogP contribution in [0, 0.1) is 17.5 Å². The van der Waals surface area contributed by atoms with Crippen molar-refractivity contribution in [2.24, 2.45) is 0 Å². The average molecular weight is 299 g/mol. The summed E-state index contributed by atoms with van der Waals surface area (Å²) in [5.41, 5.74) is -1.03. The van der Waals surface area contributed by atoms with Crippen molar-refractivity contribution in [1.82, 2.24) is 15.0 Å². The maximum Gasteiger partial charge on any atom is 0.358 e. The first-order valence-electron chi connectivity index (χ1n) is 5.97. The molecule has 0 saturated heterocycles. The molecule has 0 spiro atoms. The molecular formula is C13H12F3N3O2. The monoisotopic (exact) mass is 299 g/mol. The molecule has 0 aliphatic rings. The molecule has 2 aromatic rings. The minimum atomic E-state index is -1.60. The highest BCUT2D eigenvalue weighted by molar-refractivity contribution is 5.87. The topological polar surface area (TPSA) is 68.0 Å². The van der Waals surface area contributed by atoms with E-state index in [2.05, 4.69) is 10.3 Å². The summed E-state index contributed by atoms with van der Waals surface area (Å²) >= 11 is 0. The van der Waals surface area contributed by atoms with Crippen LogP contribution in [0.2, 0.25) is 0 Å². The van der Waals surface area contributed by atoms with Gasteiger partial charge in [0, 0.05) is 17.5 Å². The van der Waals surface area contributed by atoms with Crippen LogP contribution in [0.4, 0.5) is 13.2 Å². The first-order valence-corrected chi connectivity index (χ1v) is 5.97. The van der Waals surface area contributed by atoms with Gasteiger partial charge < -0.3 is 5.11 Å². The third kappa shape index (κ3) is 2.61. The molecule has 112 valence electrons. The number of aromatic carboxylic acids is 1. The van der Waals surface area contributed by atoms with E-state index in [9.17, 15) is 18.0 Å². The van der Waals surface area contributed by atoms with Crippen molar-refractivity contribution in [2.45, 2.75) is 26.2 Å². The van der Waals surface area contributed by atoms with Gasteiger partial charge in [-0.05, 0) is 0 Å². The second-order valence-electron chi connectivity index (χ2n) is 5.48. The van der Waals surface area contributed by atoms with Gasteiger partial charge in [0.2, 0.25) is 0 Å². The molecule has 0 unspecified atom stereocenters. The standard InChI is InChI=1S/C13H12F3N3O2/c1-13(2,3)11-10(12(20)21)17-18-19(11)6-4-7(14)9(16)8(15)5-6/h4-5H,1-3H3,(H,20,21). The molecule has 5 nitrogen and oxygen atoms in total. The Morgan fingerprint density at radius 3 is 2.14 bits per heavy atom. The van der Waals surface area contributed by atoms with Gasteiger partial charge in [-0.1, -0.05) is 26.0 Å². The van der Waals surface area contributed by atoms with Crippen molar-refractivity contribution in [2.75, 3.05) is 0 Å². The molecule has 0 bridgehead atoms. The molecule has 0 atom stereocenters. The Bertz CT molecular complexity index is 697. The minimum Gasteiger partial charge on any atom is -0.476 e. The van der Waals surface area contributed by atoms with Gasteiger partial charge in [0.25, 0.3) is 0 Å². The van der Waals surface area contributed by atoms with E-state index in [0.29, 0.717) is 0 Å². The predicted molar refractivity (Wildman–Crippen MR) is 66.9 cm³/mol. The van der Waals surface area contributed by atoms with Gasteiger partial charge in [-0.25, -0.2) is 22.6 Å². The number of benzene rings is 1. The van der Waals surface area contributed by atoms with E-state index in [1.807, 2.05) is 0 Å². The van der Waals surface area contributed by atoms with Crippen LogP contribution < -0.4 is 0 Å². The van der Waals surface area contributed by atoms with E-state index in [-0.39, 0.29) is 17.1 Å². The number of carbonyl (C=O) groups is 1. The molecule has 1 N–H and O–H groups in total. The molecule has 8 heteroatoms. The second-order valence-corrected chi connectivity index (χ2v) is 5.48. The predicted octanol–water partition coefficient (Wildman–Crippen LogP) is 2.68. The normalized spacial score (nSPS) is 11.7. The van der Waals surface area contributed by atoms with Gasteiger partial charge in [-0.2, -0.15) is 0 Å². The Hall–Kier alpha value is -2.38. The van der Waals surface area contributed by atoms with Gasteiger partial charge >= 0.3 is 5.97 Å². The van der Waals surface area contributed by atoms with Crippen LogP contribution >= 0.6 is 0 Å². The van der Waals surface area contributed by atoms with Crippen molar-refractivity contribution in [1.29, 1.82) is 0 Å². The quantitative estimate of drug-likeness (QED) is 0.866. The van der Waals surface area contributed by atoms with E-state index in [4.69, 9.17) is 5.11 Å². The zero-order valence-corrected chi connectivity index (χ0v) is 11.5. The highest BCUT2D eigenvalue weighted by atomic mass is 19.2. The molecule has 0 aliphatic heterocycles. The minimum absolute atomic E-state index is 0.142. The molecule has 0 amide bonds. The third-order valence-electron chi connectivity index (χ3n) is 2.80. The summed E-state index contributed by atoms with van der Waals surface area (Å²) in [5, 5.41) is 16.2. The summed E-state index contributed by atoms with van der Waals surface area (Å²) < 4.78 is 40.7. The Morgan fingerprint density at radius 1 is 1.19 bits per heavy atom. The lowest BCUT2D eigenvalue weighted by atomic mass is 9.90. The fourth-order valence-corrected chi connectivity index (χ4v) is 1.94. The number of carboxylic acid groups (broad SMARTS) is 1. The Morgan fingerprint density at radius 2 is 1.71 bits per heavy atom. The summed E-state index contributed by atoms with van der Waals surface area (Å²) in [4.78, 5) is 11.2. The average Bonchev–Trinajstić information content (AvgIpc) is 2.79. The Balaban J connectivity index is 2.73. The Labute approximate surface area is 118 Å². The Kier molecular flexibility index (Phi) is 3.48. The fraction of sp³-hybridized carbons (Fsp3) is 0.308. The van der Waals surface area contributed by atoms with E-state index in [1.54, 1.807) is 20.8 Å². The summed E-state index contributed by atoms with van der Waals surface area (Å²) in [6, 6.07) is 1.46. The second kappa shape index (κ2) is 4.87. The summed E-state index contributed by atoms with van der Waals surface area (Å²) in [6.45, 7) is 5.10. The van der Waals surface area contributed by atoms with E-state index in [0.717, 1.165) is 16.8 Å². The first-order chi connectivity index (χ1) is 9.62. The van der Waals surface area contributed by atoms with Crippen LogP contribution in [-0.2, 0) is 5.41 Å². The number of aromatic nitrogens is 3. The molecule has 1 aromatic carbocycles. The lowest BCUT2D eigenvalue weighted by Crippen LogP contribution is -2.21. The molecule has 0 radical (unpaired) electrons. The first kappa shape index (κ1) is 15.0. The maximum atomic E-state index is 13.3. The van der Waals surface area contributed by atoms with Crippen LogP contribution in [0.1, 0.15) is 37.0 Å². The van der Waals surface area contributed by atoms with Crippen LogP contribution in [0.25, 0.3) is 5.69 Å². The number of nitrogens with zero attached hydrogens (tertiary/aromatic N) is 3. The van der Waals surface area contributed by atoms with Crippen LogP contribution in [0.3, 0.4) is 0 Å². The number of hydrogen-bond acceptors (Lipinski definition) is 3. The molecule has 0 saturated carbocycles. The van der Waals surface area contributed by atoms with Crippen LogP contribution in [-0.4, -0.2) is 26.1 Å². The third-order valence-corrected chi connectivity index (χ3v) is 2.80. The number of halogens is 3. The largest absolute Gasteiger partial charge is 0.476 e. The van der Waals surface area contributed by atoms with Crippen molar-refractivity contribution in [3.05, 3.63) is 41.0 Å². The van der Waals surface area contributed by atoms with E-state index < -0.39 is 28.8 Å². The van der Waals surface area contributed by atoms with Crippen molar-refractivity contribution < 1.29 is 23.1 Å². The molecular weight excluding hydrogens is 287 g/mol. The zero-order valence-electron chi connectivity index (χ0n) is 11.5. The zero-order chi connectivity index (χ0) is 15.9.